The number of fused-ring (bicyclic) bond motifs is 1. The van der Waals surface area contributed by atoms with E-state index in [2.05, 4.69) is 50.4 Å². The van der Waals surface area contributed by atoms with E-state index >= 15 is 0 Å². The normalized spacial score (nSPS) is 18.4. The minimum atomic E-state index is -0.105. The lowest BCUT2D eigenvalue weighted by Gasteiger charge is -2.17. The van der Waals surface area contributed by atoms with Gasteiger partial charge in [-0.1, -0.05) is 89.2 Å². The van der Waals surface area contributed by atoms with E-state index in [9.17, 15) is 4.79 Å². The van der Waals surface area contributed by atoms with Gasteiger partial charge >= 0.3 is 0 Å². The molecule has 0 aliphatic carbocycles. The van der Waals surface area contributed by atoms with Gasteiger partial charge in [-0.25, -0.2) is 0 Å². The fourth-order valence-electron chi connectivity index (χ4n) is 3.28. The number of hydrogen-bond acceptors (Lipinski definition) is 4. The first-order valence-electron chi connectivity index (χ1n) is 9.47. The highest BCUT2D eigenvalue weighted by Crippen LogP contribution is 2.32. The van der Waals surface area contributed by atoms with Crippen molar-refractivity contribution in [1.82, 2.24) is 4.90 Å². The summed E-state index contributed by atoms with van der Waals surface area (Å²) in [5.74, 6) is 0.100. The van der Waals surface area contributed by atoms with Gasteiger partial charge in [0, 0.05) is 4.47 Å². The third-order valence-corrected chi connectivity index (χ3v) is 6.68. The fourth-order valence-corrected chi connectivity index (χ4v) is 4.57. The maximum Gasteiger partial charge on any atom is 0.242 e. The Balaban J connectivity index is 1.61. The summed E-state index contributed by atoms with van der Waals surface area (Å²) in [4.78, 5) is 14.7. The summed E-state index contributed by atoms with van der Waals surface area (Å²) in [6.07, 6.45) is 2.48. The summed E-state index contributed by atoms with van der Waals surface area (Å²) in [7, 11) is 0. The molecule has 1 saturated heterocycles. The van der Waals surface area contributed by atoms with Crippen LogP contribution in [0.3, 0.4) is 0 Å². The first-order chi connectivity index (χ1) is 14.2. The Hall–Kier alpha value is -2.44. The van der Waals surface area contributed by atoms with Crippen LogP contribution in [0.2, 0.25) is 0 Å². The monoisotopic (exact) mass is 465 g/mol. The van der Waals surface area contributed by atoms with Crippen molar-refractivity contribution in [1.29, 1.82) is 0 Å². The summed E-state index contributed by atoms with van der Waals surface area (Å²) >= 11 is 4.92. The number of hydrogen-bond donors (Lipinski definition) is 0. The molecule has 1 amide bonds. The van der Waals surface area contributed by atoms with Crippen molar-refractivity contribution in [2.75, 3.05) is 0 Å². The molecule has 3 aromatic carbocycles. The molecule has 1 unspecified atom stereocenters. The maximum atomic E-state index is 12.9. The molecule has 0 saturated carbocycles. The lowest BCUT2D eigenvalue weighted by Crippen LogP contribution is -2.31. The van der Waals surface area contributed by atoms with Crippen molar-refractivity contribution in [3.05, 3.63) is 82.3 Å². The number of halogens is 1. The van der Waals surface area contributed by atoms with Crippen molar-refractivity contribution in [3.63, 3.8) is 0 Å². The average molecular weight is 466 g/mol. The van der Waals surface area contributed by atoms with Crippen molar-refractivity contribution in [2.24, 2.45) is 10.2 Å². The molecule has 4 nitrogen and oxygen atoms in total. The van der Waals surface area contributed by atoms with E-state index in [4.69, 9.17) is 0 Å². The van der Waals surface area contributed by atoms with Crippen molar-refractivity contribution in [2.45, 2.75) is 25.1 Å². The number of carbonyl (C=O) groups is 1. The van der Waals surface area contributed by atoms with Crippen LogP contribution >= 0.6 is 27.7 Å². The van der Waals surface area contributed by atoms with Crippen LogP contribution in [0.1, 0.15) is 24.5 Å². The molecule has 0 N–H and O–H groups in total. The molecule has 0 aromatic heterocycles. The van der Waals surface area contributed by atoms with Gasteiger partial charge in [-0.3, -0.25) is 9.69 Å². The quantitative estimate of drug-likeness (QED) is 0.350. The Morgan fingerprint density at radius 2 is 1.83 bits per heavy atom. The molecule has 1 fully saturated rings. The average Bonchev–Trinajstić information content (AvgIpc) is 3.04. The van der Waals surface area contributed by atoms with Crippen LogP contribution in [-0.2, 0) is 11.3 Å². The first kappa shape index (κ1) is 19.9. The molecular formula is C23H20BrN3OS. The number of nitrogens with zero attached hydrogens (tertiary/aromatic N) is 3. The first-order valence-corrected chi connectivity index (χ1v) is 11.1. The second-order valence-corrected chi connectivity index (χ2v) is 8.84. The zero-order valence-corrected chi connectivity index (χ0v) is 18.4. The fraction of sp³-hybridized carbons (Fsp3) is 0.174. The zero-order valence-electron chi connectivity index (χ0n) is 16.0. The lowest BCUT2D eigenvalue weighted by molar-refractivity contribution is -0.126. The number of benzene rings is 3. The van der Waals surface area contributed by atoms with Gasteiger partial charge in [0.05, 0.1) is 18.0 Å². The van der Waals surface area contributed by atoms with E-state index in [0.29, 0.717) is 11.7 Å². The maximum absolute atomic E-state index is 12.9. The topological polar surface area (TPSA) is 45.0 Å². The Kier molecular flexibility index (Phi) is 6.11. The third-order valence-electron chi connectivity index (χ3n) is 4.82. The number of amidine groups is 1. The molecule has 0 bridgehead atoms. The Bertz CT molecular complexity index is 1090. The Morgan fingerprint density at radius 3 is 2.62 bits per heavy atom. The van der Waals surface area contributed by atoms with Crippen molar-refractivity contribution in [3.8, 4) is 0 Å². The van der Waals surface area contributed by atoms with E-state index in [1.807, 2.05) is 49.4 Å². The molecule has 1 heterocycles. The summed E-state index contributed by atoms with van der Waals surface area (Å²) in [5, 5.41) is 11.5. The molecule has 1 atom stereocenters. The Morgan fingerprint density at radius 1 is 1.07 bits per heavy atom. The minimum absolute atomic E-state index is 0.100. The zero-order chi connectivity index (χ0) is 20.2. The number of rotatable bonds is 5. The largest absolute Gasteiger partial charge is 0.284 e. The summed E-state index contributed by atoms with van der Waals surface area (Å²) in [6, 6.07) is 22.3. The molecule has 3 aromatic rings. The van der Waals surface area contributed by atoms with E-state index in [1.54, 1.807) is 11.1 Å². The van der Waals surface area contributed by atoms with E-state index in [0.717, 1.165) is 27.4 Å². The van der Waals surface area contributed by atoms with Gasteiger partial charge in [-0.05, 0) is 40.5 Å². The van der Waals surface area contributed by atoms with Crippen LogP contribution in [0.25, 0.3) is 10.8 Å². The minimum Gasteiger partial charge on any atom is -0.284 e. The molecule has 1 aliphatic rings. The molecule has 1 aliphatic heterocycles. The Labute approximate surface area is 182 Å². The highest BCUT2D eigenvalue weighted by atomic mass is 79.9. The van der Waals surface area contributed by atoms with Gasteiger partial charge in [-0.2, -0.15) is 5.10 Å². The number of thioether (sulfide) groups is 1. The third kappa shape index (κ3) is 4.43. The van der Waals surface area contributed by atoms with Crippen LogP contribution in [0.5, 0.6) is 0 Å². The lowest BCUT2D eigenvalue weighted by atomic mass is 10.0. The summed E-state index contributed by atoms with van der Waals surface area (Å²) < 4.78 is 1.02. The number of carbonyl (C=O) groups excluding carboxylic acids is 1. The highest BCUT2D eigenvalue weighted by Gasteiger charge is 2.37. The predicted octanol–water partition coefficient (Wildman–Crippen LogP) is 5.85. The molecule has 0 radical (unpaired) electrons. The SMILES string of the molecule is CCC1SC(=NN=Cc2ccc(Br)cc2)N(Cc2cccc3ccccc23)C1=O. The molecule has 29 heavy (non-hydrogen) atoms. The van der Waals surface area contributed by atoms with Gasteiger partial charge in [0.1, 0.15) is 0 Å². The smallest absolute Gasteiger partial charge is 0.242 e. The second kappa shape index (κ2) is 8.93. The van der Waals surface area contributed by atoms with Gasteiger partial charge in [0.15, 0.2) is 5.17 Å². The summed E-state index contributed by atoms with van der Waals surface area (Å²) in [6.45, 7) is 2.52. The van der Waals surface area contributed by atoms with Gasteiger partial charge in [0.2, 0.25) is 5.91 Å². The predicted molar refractivity (Wildman–Crippen MR) is 125 cm³/mol. The van der Waals surface area contributed by atoms with Crippen LogP contribution in [0, 0.1) is 0 Å². The molecule has 6 heteroatoms. The molecule has 146 valence electrons. The standard InChI is InChI=1S/C23H20BrN3OS/c1-2-21-22(28)27(15-18-8-5-7-17-6-3-4-9-20(17)18)23(29-21)26-25-14-16-10-12-19(24)13-11-16/h3-14,21H,2,15H2,1H3. The van der Waals surface area contributed by atoms with Gasteiger partial charge < -0.3 is 0 Å². The molecule has 4 rings (SSSR count). The number of amides is 1. The second-order valence-electron chi connectivity index (χ2n) is 6.76. The van der Waals surface area contributed by atoms with E-state index in [1.165, 1.54) is 17.1 Å². The van der Waals surface area contributed by atoms with E-state index in [-0.39, 0.29) is 11.2 Å². The van der Waals surface area contributed by atoms with Gasteiger partial charge in [0.25, 0.3) is 0 Å². The van der Waals surface area contributed by atoms with Crippen LogP contribution < -0.4 is 0 Å². The van der Waals surface area contributed by atoms with Gasteiger partial charge in [-0.15, -0.1) is 5.10 Å². The van der Waals surface area contributed by atoms with E-state index < -0.39 is 0 Å². The summed E-state index contributed by atoms with van der Waals surface area (Å²) in [5.41, 5.74) is 2.07. The van der Waals surface area contributed by atoms with Crippen LogP contribution in [0.4, 0.5) is 0 Å². The highest BCUT2D eigenvalue weighted by molar-refractivity contribution is 9.10. The van der Waals surface area contributed by atoms with Crippen molar-refractivity contribution < 1.29 is 4.79 Å². The molecular weight excluding hydrogens is 446 g/mol. The molecule has 0 spiro atoms. The van der Waals surface area contributed by atoms with Crippen LogP contribution in [0.15, 0.2) is 81.4 Å². The van der Waals surface area contributed by atoms with Crippen LogP contribution in [-0.4, -0.2) is 27.4 Å². The van der Waals surface area contributed by atoms with Crippen molar-refractivity contribution >= 4 is 55.8 Å².